The molecule has 3 heterocycles. The van der Waals surface area contributed by atoms with Gasteiger partial charge in [-0.2, -0.15) is 5.10 Å². The molecular weight excluding hydrogens is 290 g/mol. The van der Waals surface area contributed by atoms with Crippen LogP contribution in [-0.4, -0.2) is 64.2 Å². The van der Waals surface area contributed by atoms with Gasteiger partial charge in [-0.1, -0.05) is 6.92 Å². The van der Waals surface area contributed by atoms with Crippen molar-refractivity contribution in [2.24, 2.45) is 0 Å². The summed E-state index contributed by atoms with van der Waals surface area (Å²) >= 11 is 0. The first-order chi connectivity index (χ1) is 11.1. The first-order valence-electron chi connectivity index (χ1n) is 8.34. The summed E-state index contributed by atoms with van der Waals surface area (Å²) in [7, 11) is 4.12. The highest BCUT2D eigenvalue weighted by Crippen LogP contribution is 2.31. The van der Waals surface area contributed by atoms with Gasteiger partial charge in [0.15, 0.2) is 5.65 Å². The lowest BCUT2D eigenvalue weighted by molar-refractivity contribution is -0.129. The van der Waals surface area contributed by atoms with Crippen LogP contribution in [0.2, 0.25) is 0 Å². The Morgan fingerprint density at radius 1 is 1.43 bits per heavy atom. The first-order valence-corrected chi connectivity index (χ1v) is 8.34. The molecule has 0 radical (unpaired) electrons. The van der Waals surface area contributed by atoms with Gasteiger partial charge in [0.25, 0.3) is 0 Å². The number of pyridine rings is 1. The molecule has 0 spiro atoms. The lowest BCUT2D eigenvalue weighted by Gasteiger charge is -2.14. The van der Waals surface area contributed by atoms with Crippen molar-refractivity contribution >= 4 is 16.9 Å². The maximum atomic E-state index is 11.9. The van der Waals surface area contributed by atoms with E-state index in [4.69, 9.17) is 5.10 Å². The fourth-order valence-corrected chi connectivity index (χ4v) is 3.22. The number of amides is 1. The van der Waals surface area contributed by atoms with Gasteiger partial charge in [0.2, 0.25) is 5.91 Å². The Morgan fingerprint density at radius 3 is 3.00 bits per heavy atom. The summed E-state index contributed by atoms with van der Waals surface area (Å²) in [5, 5.41) is 5.98. The zero-order valence-corrected chi connectivity index (χ0v) is 14.2. The standard InChI is InChI=1S/C17H25N5O/c1-4-15(23)21-9-7-13(12-21)16-14-6-5-8-18-17(14)22(19-16)11-10-20(2)3/h5-6,8,13H,4,7,9-12H2,1-3H3/t13-/m0/s1. The number of likely N-dealkylation sites (tertiary alicyclic amines) is 1. The summed E-state index contributed by atoms with van der Waals surface area (Å²) in [4.78, 5) is 20.6. The molecule has 0 saturated carbocycles. The highest BCUT2D eigenvalue weighted by molar-refractivity contribution is 5.80. The molecule has 1 aliphatic rings. The van der Waals surface area contributed by atoms with Crippen LogP contribution in [0.1, 0.15) is 31.4 Å². The molecule has 124 valence electrons. The van der Waals surface area contributed by atoms with Crippen LogP contribution >= 0.6 is 0 Å². The van der Waals surface area contributed by atoms with Gasteiger partial charge in [-0.05, 0) is 32.6 Å². The van der Waals surface area contributed by atoms with Crippen molar-refractivity contribution in [3.8, 4) is 0 Å². The van der Waals surface area contributed by atoms with E-state index < -0.39 is 0 Å². The maximum Gasteiger partial charge on any atom is 0.222 e. The SMILES string of the molecule is CCC(=O)N1CC[C@H](c2nn(CCN(C)C)c3ncccc23)C1. The number of hydrogen-bond acceptors (Lipinski definition) is 4. The summed E-state index contributed by atoms with van der Waals surface area (Å²) in [5.74, 6) is 0.555. The van der Waals surface area contributed by atoms with E-state index in [9.17, 15) is 4.79 Å². The summed E-state index contributed by atoms with van der Waals surface area (Å²) in [5.41, 5.74) is 2.04. The first kappa shape index (κ1) is 15.9. The lowest BCUT2D eigenvalue weighted by atomic mass is 10.0. The predicted octanol–water partition coefficient (Wildman–Crippen LogP) is 1.72. The number of carbonyl (C=O) groups excluding carboxylic acids is 1. The zero-order chi connectivity index (χ0) is 16.4. The fraction of sp³-hybridized carbons (Fsp3) is 0.588. The molecule has 3 rings (SSSR count). The van der Waals surface area contributed by atoms with Gasteiger partial charge in [-0.15, -0.1) is 0 Å². The predicted molar refractivity (Wildman–Crippen MR) is 90.3 cm³/mol. The van der Waals surface area contributed by atoms with Gasteiger partial charge in [0, 0.05) is 43.6 Å². The number of aromatic nitrogens is 3. The van der Waals surface area contributed by atoms with Crippen LogP contribution in [0.5, 0.6) is 0 Å². The molecule has 0 bridgehead atoms. The molecule has 6 heteroatoms. The summed E-state index contributed by atoms with van der Waals surface area (Å²) < 4.78 is 2.01. The second-order valence-corrected chi connectivity index (χ2v) is 6.47. The number of fused-ring (bicyclic) bond motifs is 1. The molecule has 0 aromatic carbocycles. The molecule has 0 unspecified atom stereocenters. The minimum atomic E-state index is 0.238. The molecule has 1 fully saturated rings. The Balaban J connectivity index is 1.88. The Hall–Kier alpha value is -1.95. The second kappa shape index (κ2) is 6.66. The molecule has 2 aromatic heterocycles. The number of hydrogen-bond donors (Lipinski definition) is 0. The molecule has 1 atom stereocenters. The summed E-state index contributed by atoms with van der Waals surface area (Å²) in [6.45, 7) is 5.29. The van der Waals surface area contributed by atoms with Crippen molar-refractivity contribution in [1.29, 1.82) is 0 Å². The normalized spacial score (nSPS) is 18.3. The molecule has 6 nitrogen and oxygen atoms in total. The third-order valence-corrected chi connectivity index (χ3v) is 4.52. The number of carbonyl (C=O) groups is 1. The van der Waals surface area contributed by atoms with Crippen LogP contribution in [0.4, 0.5) is 0 Å². The van der Waals surface area contributed by atoms with Crippen molar-refractivity contribution in [2.45, 2.75) is 32.2 Å². The smallest absolute Gasteiger partial charge is 0.222 e. The number of likely N-dealkylation sites (N-methyl/N-ethyl adjacent to an activating group) is 1. The summed E-state index contributed by atoms with van der Waals surface area (Å²) in [6, 6.07) is 4.06. The van der Waals surface area contributed by atoms with E-state index in [0.29, 0.717) is 12.3 Å². The van der Waals surface area contributed by atoms with Gasteiger partial charge in [0.1, 0.15) is 0 Å². The van der Waals surface area contributed by atoms with Crippen LogP contribution < -0.4 is 0 Å². The van der Waals surface area contributed by atoms with E-state index >= 15 is 0 Å². The third-order valence-electron chi connectivity index (χ3n) is 4.52. The molecule has 0 N–H and O–H groups in total. The van der Waals surface area contributed by atoms with Gasteiger partial charge in [0.05, 0.1) is 12.2 Å². The molecule has 1 amide bonds. The average molecular weight is 315 g/mol. The van der Waals surface area contributed by atoms with E-state index in [1.165, 1.54) is 0 Å². The number of rotatable bonds is 5. The molecule has 0 aliphatic carbocycles. The molecule has 2 aromatic rings. The monoisotopic (exact) mass is 315 g/mol. The van der Waals surface area contributed by atoms with Crippen LogP contribution in [0.25, 0.3) is 11.0 Å². The Labute approximate surface area is 137 Å². The topological polar surface area (TPSA) is 54.3 Å². The van der Waals surface area contributed by atoms with Crippen molar-refractivity contribution in [3.05, 3.63) is 24.0 Å². The zero-order valence-electron chi connectivity index (χ0n) is 14.2. The minimum absolute atomic E-state index is 0.238. The third kappa shape index (κ3) is 3.22. The highest BCUT2D eigenvalue weighted by atomic mass is 16.2. The quantitative estimate of drug-likeness (QED) is 0.843. The largest absolute Gasteiger partial charge is 0.342 e. The van der Waals surface area contributed by atoms with Gasteiger partial charge in [-0.25, -0.2) is 9.67 Å². The van der Waals surface area contributed by atoms with Crippen LogP contribution in [-0.2, 0) is 11.3 Å². The minimum Gasteiger partial charge on any atom is -0.342 e. The molecule has 1 saturated heterocycles. The average Bonchev–Trinajstić information content (AvgIpc) is 3.17. The molecule has 23 heavy (non-hydrogen) atoms. The Bertz CT molecular complexity index is 693. The van der Waals surface area contributed by atoms with Gasteiger partial charge < -0.3 is 9.80 Å². The van der Waals surface area contributed by atoms with E-state index in [2.05, 4.69) is 30.0 Å². The highest BCUT2D eigenvalue weighted by Gasteiger charge is 2.30. The van der Waals surface area contributed by atoms with Crippen molar-refractivity contribution in [3.63, 3.8) is 0 Å². The Kier molecular flexibility index (Phi) is 4.61. The van der Waals surface area contributed by atoms with E-state index in [1.54, 1.807) is 0 Å². The Morgan fingerprint density at radius 2 is 2.26 bits per heavy atom. The van der Waals surface area contributed by atoms with Crippen LogP contribution in [0, 0.1) is 0 Å². The van der Waals surface area contributed by atoms with E-state index in [0.717, 1.165) is 49.3 Å². The van der Waals surface area contributed by atoms with Crippen LogP contribution in [0.15, 0.2) is 18.3 Å². The van der Waals surface area contributed by atoms with Gasteiger partial charge in [-0.3, -0.25) is 4.79 Å². The van der Waals surface area contributed by atoms with Crippen LogP contribution in [0.3, 0.4) is 0 Å². The van der Waals surface area contributed by atoms with Crippen molar-refractivity contribution in [2.75, 3.05) is 33.7 Å². The van der Waals surface area contributed by atoms with Crippen molar-refractivity contribution in [1.82, 2.24) is 24.6 Å². The van der Waals surface area contributed by atoms with E-state index in [1.807, 2.05) is 28.8 Å². The summed E-state index contributed by atoms with van der Waals surface area (Å²) in [6.07, 6.45) is 3.38. The number of nitrogens with zero attached hydrogens (tertiary/aromatic N) is 5. The lowest BCUT2D eigenvalue weighted by Crippen LogP contribution is -2.27. The maximum absolute atomic E-state index is 11.9. The van der Waals surface area contributed by atoms with Crippen molar-refractivity contribution < 1.29 is 4.79 Å². The molecular formula is C17H25N5O. The second-order valence-electron chi connectivity index (χ2n) is 6.47. The van der Waals surface area contributed by atoms with E-state index in [-0.39, 0.29) is 5.91 Å². The molecule has 1 aliphatic heterocycles. The van der Waals surface area contributed by atoms with Gasteiger partial charge >= 0.3 is 0 Å². The fourth-order valence-electron chi connectivity index (χ4n) is 3.22.